The maximum absolute atomic E-state index is 9.31. The van der Waals surface area contributed by atoms with Gasteiger partial charge in [0.15, 0.2) is 0 Å². The normalized spacial score (nSPS) is 11.1. The molecule has 0 fully saturated rings. The quantitative estimate of drug-likeness (QED) is 0.163. The van der Waals surface area contributed by atoms with E-state index in [0.717, 1.165) is 99.8 Å². The van der Waals surface area contributed by atoms with Crippen LogP contribution in [-0.2, 0) is 0 Å². The highest BCUT2D eigenvalue weighted by molar-refractivity contribution is 6.13. The fourth-order valence-electron chi connectivity index (χ4n) is 7.74. The lowest BCUT2D eigenvalue weighted by atomic mass is 9.90. The molecule has 0 aliphatic heterocycles. The maximum atomic E-state index is 9.31. The third-order valence-corrected chi connectivity index (χ3v) is 10.6. The van der Waals surface area contributed by atoms with Crippen LogP contribution in [0.1, 0.15) is 5.56 Å². The minimum Gasteiger partial charge on any atom is -0.455 e. The number of pyridine rings is 3. The second-order valence-electron chi connectivity index (χ2n) is 14.0. The summed E-state index contributed by atoms with van der Waals surface area (Å²) < 4.78 is 6.98. The minimum absolute atomic E-state index is 0.643. The second kappa shape index (κ2) is 14.4. The maximum Gasteiger partial charge on any atom is 0.143 e. The summed E-state index contributed by atoms with van der Waals surface area (Å²) in [6.07, 6.45) is 11.1. The van der Waals surface area contributed by atoms with E-state index in [2.05, 4.69) is 124 Å². The van der Waals surface area contributed by atoms with Gasteiger partial charge < -0.3 is 4.42 Å². The molecule has 4 heterocycles. The van der Waals surface area contributed by atoms with Crippen molar-refractivity contribution in [2.45, 2.75) is 0 Å². The minimum atomic E-state index is 0.643. The summed E-state index contributed by atoms with van der Waals surface area (Å²) >= 11 is 0. The summed E-state index contributed by atoms with van der Waals surface area (Å²) in [5, 5.41) is 11.4. The molecular weight excluding hydrogens is 697 g/mol. The monoisotopic (exact) mass is 728 g/mol. The molecular formula is C52H32N4O. The van der Waals surface area contributed by atoms with Crippen LogP contribution in [0.3, 0.4) is 0 Å². The third kappa shape index (κ3) is 6.42. The van der Waals surface area contributed by atoms with Gasteiger partial charge in [0.25, 0.3) is 0 Å². The first-order chi connectivity index (χ1) is 28.2. The summed E-state index contributed by atoms with van der Waals surface area (Å²) in [5.41, 5.74) is 17.2. The zero-order valence-corrected chi connectivity index (χ0v) is 30.7. The van der Waals surface area contributed by atoms with Crippen molar-refractivity contribution in [1.82, 2.24) is 15.0 Å². The van der Waals surface area contributed by atoms with Gasteiger partial charge in [-0.3, -0.25) is 15.0 Å². The molecule has 0 radical (unpaired) electrons. The Kier molecular flexibility index (Phi) is 8.48. The smallest absolute Gasteiger partial charge is 0.143 e. The number of furan rings is 1. The molecule has 0 unspecified atom stereocenters. The molecule has 0 aliphatic carbocycles. The SMILES string of the molecule is N#Cc1ccc(-c2cccc(-c3cccc4c3oc3c(-c5cc(-c6cccnc6)cc(-c6cc(-c7ccncc7)cc(-c7ccncc7)c6)c5)cccc34)c2)cc1. The van der Waals surface area contributed by atoms with Crippen LogP contribution >= 0.6 is 0 Å². The predicted molar refractivity (Wildman–Crippen MR) is 230 cm³/mol. The highest BCUT2D eigenvalue weighted by Crippen LogP contribution is 2.43. The molecule has 5 nitrogen and oxygen atoms in total. The molecule has 266 valence electrons. The highest BCUT2D eigenvalue weighted by atomic mass is 16.3. The molecule has 0 aliphatic rings. The van der Waals surface area contributed by atoms with Crippen LogP contribution in [0.4, 0.5) is 0 Å². The van der Waals surface area contributed by atoms with Gasteiger partial charge >= 0.3 is 0 Å². The number of hydrogen-bond donors (Lipinski definition) is 0. The van der Waals surface area contributed by atoms with Crippen LogP contribution in [0.15, 0.2) is 199 Å². The van der Waals surface area contributed by atoms with Crippen LogP contribution in [0.5, 0.6) is 0 Å². The van der Waals surface area contributed by atoms with E-state index in [9.17, 15) is 5.26 Å². The van der Waals surface area contributed by atoms with Crippen LogP contribution in [0.2, 0.25) is 0 Å². The van der Waals surface area contributed by atoms with Crippen molar-refractivity contribution >= 4 is 21.9 Å². The van der Waals surface area contributed by atoms with Gasteiger partial charge in [0, 0.05) is 64.6 Å². The van der Waals surface area contributed by atoms with Gasteiger partial charge in [0.1, 0.15) is 11.2 Å². The van der Waals surface area contributed by atoms with Crippen molar-refractivity contribution in [2.24, 2.45) is 0 Å². The summed E-state index contributed by atoms with van der Waals surface area (Å²) in [4.78, 5) is 13.0. The fraction of sp³-hybridized carbons (Fsp3) is 0. The first-order valence-electron chi connectivity index (χ1n) is 18.8. The van der Waals surface area contributed by atoms with Crippen LogP contribution in [0, 0.1) is 11.3 Å². The van der Waals surface area contributed by atoms with Crippen molar-refractivity contribution in [3.05, 3.63) is 200 Å². The Morgan fingerprint density at radius 1 is 0.351 bits per heavy atom. The first-order valence-corrected chi connectivity index (χ1v) is 18.8. The molecule has 4 aromatic heterocycles. The Balaban J connectivity index is 1.15. The largest absolute Gasteiger partial charge is 0.455 e. The van der Waals surface area contributed by atoms with Crippen molar-refractivity contribution in [3.63, 3.8) is 0 Å². The number of benzene rings is 6. The number of nitriles is 1. The summed E-state index contributed by atoms with van der Waals surface area (Å²) in [6, 6.07) is 57.0. The topological polar surface area (TPSA) is 75.6 Å². The van der Waals surface area contributed by atoms with Crippen molar-refractivity contribution in [3.8, 4) is 84.0 Å². The molecule has 57 heavy (non-hydrogen) atoms. The molecule has 5 heteroatoms. The lowest BCUT2D eigenvalue weighted by Crippen LogP contribution is -1.90. The third-order valence-electron chi connectivity index (χ3n) is 10.6. The first kappa shape index (κ1) is 33.6. The van der Waals surface area contributed by atoms with E-state index in [-0.39, 0.29) is 0 Å². The van der Waals surface area contributed by atoms with Crippen molar-refractivity contribution < 1.29 is 4.42 Å². The van der Waals surface area contributed by atoms with E-state index in [1.165, 1.54) is 0 Å². The number of para-hydroxylation sites is 2. The summed E-state index contributed by atoms with van der Waals surface area (Å²) in [6.45, 7) is 0. The zero-order chi connectivity index (χ0) is 38.1. The lowest BCUT2D eigenvalue weighted by molar-refractivity contribution is 0.671. The Morgan fingerprint density at radius 3 is 1.37 bits per heavy atom. The second-order valence-corrected chi connectivity index (χ2v) is 14.0. The average Bonchev–Trinajstić information content (AvgIpc) is 3.69. The van der Waals surface area contributed by atoms with Crippen LogP contribution in [0.25, 0.3) is 99.8 Å². The van der Waals surface area contributed by atoms with E-state index in [1.54, 1.807) is 6.20 Å². The number of hydrogen-bond acceptors (Lipinski definition) is 5. The lowest BCUT2D eigenvalue weighted by Gasteiger charge is -2.14. The Bertz CT molecular complexity index is 3050. The average molecular weight is 729 g/mol. The molecule has 0 atom stereocenters. The molecule has 0 amide bonds. The molecule has 0 spiro atoms. The Labute approximate surface area is 329 Å². The Morgan fingerprint density at radius 2 is 0.807 bits per heavy atom. The van der Waals surface area contributed by atoms with Crippen molar-refractivity contribution in [1.29, 1.82) is 5.26 Å². The van der Waals surface area contributed by atoms with Gasteiger partial charge in [0.05, 0.1) is 11.6 Å². The molecule has 10 aromatic rings. The van der Waals surface area contributed by atoms with Gasteiger partial charge in [0.2, 0.25) is 0 Å². The van der Waals surface area contributed by atoms with Gasteiger partial charge in [-0.2, -0.15) is 5.26 Å². The van der Waals surface area contributed by atoms with E-state index >= 15 is 0 Å². The number of nitrogens with zero attached hydrogens (tertiary/aromatic N) is 4. The molecule has 6 aromatic carbocycles. The molecule has 10 rings (SSSR count). The molecule has 0 saturated heterocycles. The van der Waals surface area contributed by atoms with Crippen LogP contribution < -0.4 is 0 Å². The van der Waals surface area contributed by atoms with Gasteiger partial charge in [-0.1, -0.05) is 72.8 Å². The number of rotatable bonds is 7. The zero-order valence-electron chi connectivity index (χ0n) is 30.7. The predicted octanol–water partition coefficient (Wildman–Crippen LogP) is 13.3. The highest BCUT2D eigenvalue weighted by Gasteiger charge is 2.18. The molecule has 0 N–H and O–H groups in total. The number of fused-ring (bicyclic) bond motifs is 3. The van der Waals surface area contributed by atoms with Crippen LogP contribution in [-0.4, -0.2) is 15.0 Å². The molecule has 0 bridgehead atoms. The van der Waals surface area contributed by atoms with Gasteiger partial charge in [-0.25, -0.2) is 0 Å². The Hall–Kier alpha value is -7.94. The van der Waals surface area contributed by atoms with E-state index in [0.29, 0.717) is 5.56 Å². The summed E-state index contributed by atoms with van der Waals surface area (Å²) in [5.74, 6) is 0. The summed E-state index contributed by atoms with van der Waals surface area (Å²) in [7, 11) is 0. The van der Waals surface area contributed by atoms with E-state index < -0.39 is 0 Å². The van der Waals surface area contributed by atoms with Gasteiger partial charge in [-0.05, 0) is 146 Å². The van der Waals surface area contributed by atoms with E-state index in [4.69, 9.17) is 4.42 Å². The van der Waals surface area contributed by atoms with E-state index in [1.807, 2.05) is 85.6 Å². The number of aromatic nitrogens is 3. The standard InChI is InChI=1S/C52H32N4O/c53-32-34-12-14-35(15-13-34)38-5-1-6-39(25-38)47-8-2-10-49-50-11-3-9-48(52(50)57-51(47)49)46-30-43(40-7-4-20-56-33-40)29-45(31-46)44-27-41(36-16-21-54-22-17-36)26-42(28-44)37-18-23-55-24-19-37/h1-31,33H. The molecule has 0 saturated carbocycles. The fourth-order valence-corrected chi connectivity index (χ4v) is 7.74. The van der Waals surface area contributed by atoms with Crippen molar-refractivity contribution in [2.75, 3.05) is 0 Å². The van der Waals surface area contributed by atoms with Gasteiger partial charge in [-0.15, -0.1) is 0 Å².